The average molecular weight is 295 g/mol. The Balaban J connectivity index is 1.86. The van der Waals surface area contributed by atoms with Crippen molar-refractivity contribution in [2.75, 3.05) is 0 Å². The van der Waals surface area contributed by atoms with E-state index in [1.54, 1.807) is 42.3 Å². The van der Waals surface area contributed by atoms with Gasteiger partial charge in [0.2, 0.25) is 5.91 Å². The summed E-state index contributed by atoms with van der Waals surface area (Å²) in [5.41, 5.74) is 0.794. The highest BCUT2D eigenvalue weighted by molar-refractivity contribution is 5.79. The smallest absolute Gasteiger partial charge is 0.387 e. The summed E-state index contributed by atoms with van der Waals surface area (Å²) < 4.78 is 30.0. The SMILES string of the molecule is CC(C(=O)NCc1ccc(OC(F)F)cc1)n1ccnc1. The van der Waals surface area contributed by atoms with Crippen molar-refractivity contribution >= 4 is 5.91 Å². The number of carbonyl (C=O) groups is 1. The number of carbonyl (C=O) groups excluding carboxylic acids is 1. The van der Waals surface area contributed by atoms with Gasteiger partial charge in [-0.25, -0.2) is 4.98 Å². The molecule has 0 radical (unpaired) electrons. The zero-order chi connectivity index (χ0) is 15.2. The van der Waals surface area contributed by atoms with Crippen molar-refractivity contribution in [2.24, 2.45) is 0 Å². The molecule has 2 rings (SSSR count). The predicted molar refractivity (Wildman–Crippen MR) is 71.9 cm³/mol. The van der Waals surface area contributed by atoms with Gasteiger partial charge in [-0.3, -0.25) is 4.79 Å². The Labute approximate surface area is 120 Å². The van der Waals surface area contributed by atoms with E-state index >= 15 is 0 Å². The summed E-state index contributed by atoms with van der Waals surface area (Å²) >= 11 is 0. The van der Waals surface area contributed by atoms with Crippen molar-refractivity contribution in [1.82, 2.24) is 14.9 Å². The second kappa shape index (κ2) is 6.83. The summed E-state index contributed by atoms with van der Waals surface area (Å²) in [5.74, 6) is -0.0623. The van der Waals surface area contributed by atoms with Gasteiger partial charge in [-0.2, -0.15) is 8.78 Å². The fourth-order valence-electron chi connectivity index (χ4n) is 1.76. The van der Waals surface area contributed by atoms with Crippen LogP contribution < -0.4 is 10.1 Å². The number of ether oxygens (including phenoxy) is 1. The van der Waals surface area contributed by atoms with Gasteiger partial charge in [0.05, 0.1) is 6.33 Å². The maximum Gasteiger partial charge on any atom is 0.387 e. The van der Waals surface area contributed by atoms with Gasteiger partial charge in [0.25, 0.3) is 0 Å². The molecule has 7 heteroatoms. The van der Waals surface area contributed by atoms with Crippen LogP contribution in [0.4, 0.5) is 8.78 Å². The first-order valence-electron chi connectivity index (χ1n) is 6.35. The van der Waals surface area contributed by atoms with Crippen LogP contribution in [0.25, 0.3) is 0 Å². The monoisotopic (exact) mass is 295 g/mol. The van der Waals surface area contributed by atoms with Crippen LogP contribution in [0.3, 0.4) is 0 Å². The summed E-state index contributed by atoms with van der Waals surface area (Å²) in [6, 6.07) is 5.76. The van der Waals surface area contributed by atoms with Crippen LogP contribution >= 0.6 is 0 Å². The number of rotatable bonds is 6. The van der Waals surface area contributed by atoms with Crippen molar-refractivity contribution < 1.29 is 18.3 Å². The molecule has 1 N–H and O–H groups in total. The molecule has 0 fully saturated rings. The lowest BCUT2D eigenvalue weighted by Crippen LogP contribution is -2.30. The molecule has 1 heterocycles. The average Bonchev–Trinajstić information content (AvgIpc) is 2.99. The largest absolute Gasteiger partial charge is 0.435 e. The van der Waals surface area contributed by atoms with E-state index in [9.17, 15) is 13.6 Å². The molecule has 112 valence electrons. The molecule has 0 aliphatic heterocycles. The predicted octanol–water partition coefficient (Wildman–Crippen LogP) is 2.36. The Bertz CT molecular complexity index is 570. The topological polar surface area (TPSA) is 56.1 Å². The third kappa shape index (κ3) is 4.27. The highest BCUT2D eigenvalue weighted by Crippen LogP contribution is 2.15. The van der Waals surface area contributed by atoms with E-state index in [-0.39, 0.29) is 17.7 Å². The van der Waals surface area contributed by atoms with E-state index in [4.69, 9.17) is 0 Å². The summed E-state index contributed by atoms with van der Waals surface area (Å²) in [5, 5.41) is 2.77. The number of benzene rings is 1. The van der Waals surface area contributed by atoms with E-state index < -0.39 is 6.61 Å². The van der Waals surface area contributed by atoms with Gasteiger partial charge in [-0.05, 0) is 24.6 Å². The van der Waals surface area contributed by atoms with Gasteiger partial charge in [-0.1, -0.05) is 12.1 Å². The quantitative estimate of drug-likeness (QED) is 0.890. The maximum absolute atomic E-state index is 12.0. The number of alkyl halides is 2. The summed E-state index contributed by atoms with van der Waals surface area (Å²) in [4.78, 5) is 15.8. The summed E-state index contributed by atoms with van der Waals surface area (Å²) in [7, 11) is 0. The number of aromatic nitrogens is 2. The van der Waals surface area contributed by atoms with Crippen LogP contribution in [0.15, 0.2) is 43.0 Å². The van der Waals surface area contributed by atoms with Crippen LogP contribution in [0.5, 0.6) is 5.75 Å². The van der Waals surface area contributed by atoms with Crippen molar-refractivity contribution in [3.63, 3.8) is 0 Å². The van der Waals surface area contributed by atoms with Crippen LogP contribution in [0.2, 0.25) is 0 Å². The number of hydrogen-bond donors (Lipinski definition) is 1. The minimum Gasteiger partial charge on any atom is -0.435 e. The third-order valence-electron chi connectivity index (χ3n) is 2.97. The number of halogens is 2. The molecule has 1 atom stereocenters. The first-order chi connectivity index (χ1) is 10.1. The lowest BCUT2D eigenvalue weighted by Gasteiger charge is -2.13. The Hall–Kier alpha value is -2.44. The van der Waals surface area contributed by atoms with Crippen molar-refractivity contribution in [1.29, 1.82) is 0 Å². The Morgan fingerprint density at radius 1 is 1.38 bits per heavy atom. The van der Waals surface area contributed by atoms with E-state index in [1.165, 1.54) is 12.1 Å². The Kier molecular flexibility index (Phi) is 4.86. The zero-order valence-corrected chi connectivity index (χ0v) is 11.4. The maximum atomic E-state index is 12.0. The first kappa shape index (κ1) is 15.0. The van der Waals surface area contributed by atoms with Crippen molar-refractivity contribution in [2.45, 2.75) is 26.1 Å². The van der Waals surface area contributed by atoms with E-state index in [2.05, 4.69) is 15.0 Å². The number of amides is 1. The van der Waals surface area contributed by atoms with Crippen LogP contribution in [-0.2, 0) is 11.3 Å². The lowest BCUT2D eigenvalue weighted by atomic mass is 10.2. The van der Waals surface area contributed by atoms with Crippen LogP contribution in [-0.4, -0.2) is 22.1 Å². The molecule has 5 nitrogen and oxygen atoms in total. The number of hydrogen-bond acceptors (Lipinski definition) is 3. The third-order valence-corrected chi connectivity index (χ3v) is 2.97. The van der Waals surface area contributed by atoms with Gasteiger partial charge < -0.3 is 14.6 Å². The van der Waals surface area contributed by atoms with E-state index in [0.717, 1.165) is 5.56 Å². The van der Waals surface area contributed by atoms with Gasteiger partial charge in [0, 0.05) is 18.9 Å². The van der Waals surface area contributed by atoms with Gasteiger partial charge in [0.15, 0.2) is 0 Å². The number of imidazole rings is 1. The Morgan fingerprint density at radius 2 is 2.10 bits per heavy atom. The van der Waals surface area contributed by atoms with Crippen LogP contribution in [0, 0.1) is 0 Å². The van der Waals surface area contributed by atoms with Crippen molar-refractivity contribution in [3.8, 4) is 5.75 Å². The highest BCUT2D eigenvalue weighted by Gasteiger charge is 2.13. The lowest BCUT2D eigenvalue weighted by molar-refractivity contribution is -0.124. The molecule has 0 aliphatic carbocycles. The van der Waals surface area contributed by atoms with Gasteiger partial charge in [0.1, 0.15) is 11.8 Å². The minimum absolute atomic E-state index is 0.0897. The molecule has 1 aromatic heterocycles. The molecule has 1 unspecified atom stereocenters. The van der Waals surface area contributed by atoms with E-state index in [0.29, 0.717) is 6.54 Å². The summed E-state index contributed by atoms with van der Waals surface area (Å²) in [6.07, 6.45) is 4.88. The second-order valence-electron chi connectivity index (χ2n) is 4.43. The van der Waals surface area contributed by atoms with Crippen LogP contribution in [0.1, 0.15) is 18.5 Å². The van der Waals surface area contributed by atoms with Crippen molar-refractivity contribution in [3.05, 3.63) is 48.5 Å². The van der Waals surface area contributed by atoms with Gasteiger partial charge >= 0.3 is 6.61 Å². The number of nitrogens with one attached hydrogen (secondary N) is 1. The second-order valence-corrected chi connectivity index (χ2v) is 4.43. The molecule has 0 saturated heterocycles. The van der Waals surface area contributed by atoms with Gasteiger partial charge in [-0.15, -0.1) is 0 Å². The molecular weight excluding hydrogens is 280 g/mol. The standard InChI is InChI=1S/C14H15F2N3O2/c1-10(19-7-6-17-9-19)13(20)18-8-11-2-4-12(5-3-11)21-14(15)16/h2-7,9-10,14H,8H2,1H3,(H,18,20). The highest BCUT2D eigenvalue weighted by atomic mass is 19.3. The molecule has 2 aromatic rings. The fourth-order valence-corrected chi connectivity index (χ4v) is 1.76. The molecule has 21 heavy (non-hydrogen) atoms. The molecule has 0 saturated carbocycles. The Morgan fingerprint density at radius 3 is 2.67 bits per heavy atom. The normalized spacial score (nSPS) is 12.2. The molecule has 0 aliphatic rings. The molecular formula is C14H15F2N3O2. The molecule has 0 bridgehead atoms. The molecule has 1 amide bonds. The molecule has 1 aromatic carbocycles. The summed E-state index contributed by atoms with van der Waals surface area (Å²) in [6.45, 7) is -0.768. The minimum atomic E-state index is -2.84. The number of nitrogens with zero attached hydrogens (tertiary/aromatic N) is 2. The zero-order valence-electron chi connectivity index (χ0n) is 11.4. The van der Waals surface area contributed by atoms with E-state index in [1.807, 2.05) is 0 Å². The molecule has 0 spiro atoms. The fraction of sp³-hybridized carbons (Fsp3) is 0.286. The first-order valence-corrected chi connectivity index (χ1v) is 6.35.